The molecule has 0 saturated heterocycles. The lowest BCUT2D eigenvalue weighted by Gasteiger charge is -2.07. The number of esters is 1. The lowest BCUT2D eigenvalue weighted by atomic mass is 10.2. The van der Waals surface area contributed by atoms with Gasteiger partial charge in [0.1, 0.15) is 11.5 Å². The first-order chi connectivity index (χ1) is 13.1. The van der Waals surface area contributed by atoms with E-state index in [1.165, 1.54) is 4.68 Å². The van der Waals surface area contributed by atoms with E-state index in [1.807, 2.05) is 19.1 Å². The Hall–Kier alpha value is -2.71. The second kappa shape index (κ2) is 8.79. The number of hydrogen-bond donors (Lipinski definition) is 1. The molecule has 7 nitrogen and oxygen atoms in total. The molecule has 0 radical (unpaired) electrons. The second-order valence-electron chi connectivity index (χ2n) is 5.32. The number of carbonyl (C=O) groups is 1. The fourth-order valence-electron chi connectivity index (χ4n) is 2.26. The summed E-state index contributed by atoms with van der Waals surface area (Å²) < 4.78 is 11.9. The topological polar surface area (TPSA) is 92.3 Å². The Bertz CT molecular complexity index is 931. The maximum absolute atomic E-state index is 12.0. The molecule has 0 aliphatic carbocycles. The molecule has 3 aromatic rings. The van der Waals surface area contributed by atoms with Crippen LogP contribution in [-0.4, -0.2) is 33.2 Å². The van der Waals surface area contributed by atoms with Gasteiger partial charge in [-0.3, -0.25) is 4.79 Å². The van der Waals surface area contributed by atoms with Crippen molar-refractivity contribution in [2.75, 3.05) is 18.2 Å². The average Bonchev–Trinajstić information content (AvgIpc) is 3.03. The zero-order chi connectivity index (χ0) is 19.2. The van der Waals surface area contributed by atoms with Crippen LogP contribution < -0.4 is 15.3 Å². The van der Waals surface area contributed by atoms with Crippen LogP contribution in [0.1, 0.15) is 6.92 Å². The third-order valence-electron chi connectivity index (χ3n) is 3.46. The van der Waals surface area contributed by atoms with Gasteiger partial charge in [0.05, 0.1) is 17.4 Å². The van der Waals surface area contributed by atoms with Crippen LogP contribution in [0, 0.1) is 0 Å². The van der Waals surface area contributed by atoms with Crippen molar-refractivity contribution in [2.45, 2.75) is 12.1 Å². The summed E-state index contributed by atoms with van der Waals surface area (Å²) in [6.07, 6.45) is 0. The summed E-state index contributed by atoms with van der Waals surface area (Å²) >= 11 is 7.29. The Morgan fingerprint density at radius 1 is 1.15 bits per heavy atom. The molecule has 1 heterocycles. The average molecular weight is 405 g/mol. The molecule has 9 heteroatoms. The van der Waals surface area contributed by atoms with Crippen molar-refractivity contribution in [1.82, 2.24) is 14.9 Å². The Labute approximate surface area is 165 Å². The van der Waals surface area contributed by atoms with Gasteiger partial charge in [0, 0.05) is 5.56 Å². The molecular weight excluding hydrogens is 388 g/mol. The van der Waals surface area contributed by atoms with Gasteiger partial charge in [-0.1, -0.05) is 35.5 Å². The molecule has 0 aliphatic rings. The largest absolute Gasteiger partial charge is 0.494 e. The molecule has 0 aliphatic heterocycles. The maximum Gasteiger partial charge on any atom is 0.321 e. The molecule has 2 aromatic carbocycles. The van der Waals surface area contributed by atoms with Crippen LogP contribution in [0.2, 0.25) is 5.02 Å². The van der Waals surface area contributed by atoms with Gasteiger partial charge in [-0.15, -0.1) is 10.2 Å². The molecule has 0 saturated carbocycles. The van der Waals surface area contributed by atoms with Gasteiger partial charge in [0.15, 0.2) is 5.82 Å². The van der Waals surface area contributed by atoms with Crippen molar-refractivity contribution >= 4 is 29.3 Å². The predicted molar refractivity (Wildman–Crippen MR) is 105 cm³/mol. The normalized spacial score (nSPS) is 10.6. The van der Waals surface area contributed by atoms with Gasteiger partial charge < -0.3 is 15.3 Å². The highest BCUT2D eigenvalue weighted by molar-refractivity contribution is 7.99. The molecule has 27 heavy (non-hydrogen) atoms. The number of nitrogens with two attached hydrogens (primary N) is 1. The number of nitrogen functional groups attached to an aromatic ring is 1. The van der Waals surface area contributed by atoms with E-state index in [2.05, 4.69) is 10.2 Å². The molecule has 0 bridgehead atoms. The molecule has 0 unspecified atom stereocenters. The fourth-order valence-corrected chi connectivity index (χ4v) is 3.11. The highest BCUT2D eigenvalue weighted by Gasteiger charge is 2.16. The monoisotopic (exact) mass is 404 g/mol. The second-order valence-corrected chi connectivity index (χ2v) is 6.67. The predicted octanol–water partition coefficient (Wildman–Crippen LogP) is 3.41. The smallest absolute Gasteiger partial charge is 0.321 e. The minimum Gasteiger partial charge on any atom is -0.494 e. The number of carbonyl (C=O) groups excluding carboxylic acids is 1. The lowest BCUT2D eigenvalue weighted by molar-refractivity contribution is -0.131. The highest BCUT2D eigenvalue weighted by atomic mass is 35.5. The first-order valence-electron chi connectivity index (χ1n) is 8.10. The highest BCUT2D eigenvalue weighted by Crippen LogP contribution is 2.27. The number of thioether (sulfide) groups is 1. The third-order valence-corrected chi connectivity index (χ3v) is 4.71. The van der Waals surface area contributed by atoms with E-state index in [0.29, 0.717) is 33.9 Å². The van der Waals surface area contributed by atoms with E-state index in [9.17, 15) is 4.79 Å². The van der Waals surface area contributed by atoms with Crippen molar-refractivity contribution in [3.05, 3.63) is 53.6 Å². The van der Waals surface area contributed by atoms with Gasteiger partial charge in [-0.25, -0.2) is 4.68 Å². The molecule has 140 valence electrons. The minimum atomic E-state index is -0.425. The summed E-state index contributed by atoms with van der Waals surface area (Å²) in [6.45, 7) is 2.48. The van der Waals surface area contributed by atoms with E-state index in [1.54, 1.807) is 36.4 Å². The summed E-state index contributed by atoms with van der Waals surface area (Å²) in [5.74, 6) is 7.22. The van der Waals surface area contributed by atoms with Gasteiger partial charge in [0.2, 0.25) is 5.16 Å². The Morgan fingerprint density at radius 2 is 1.85 bits per heavy atom. The van der Waals surface area contributed by atoms with Crippen molar-refractivity contribution < 1.29 is 14.3 Å². The minimum absolute atomic E-state index is 0.0328. The van der Waals surface area contributed by atoms with Gasteiger partial charge in [-0.2, -0.15) is 0 Å². The first kappa shape index (κ1) is 19.1. The standard InChI is InChI=1S/C18H17ClN4O3S/c1-2-25-12-7-9-13(10-8-12)26-16(24)11-27-18-22-21-17(23(18)20)14-5-3-4-6-15(14)19/h3-10H,2,11,20H2,1H3. The van der Waals surface area contributed by atoms with Crippen molar-refractivity contribution in [1.29, 1.82) is 0 Å². The van der Waals surface area contributed by atoms with E-state index < -0.39 is 5.97 Å². The number of rotatable bonds is 7. The van der Waals surface area contributed by atoms with E-state index >= 15 is 0 Å². The molecular formula is C18H17ClN4O3S. The summed E-state index contributed by atoms with van der Waals surface area (Å²) in [5.41, 5.74) is 0.665. The van der Waals surface area contributed by atoms with Crippen LogP contribution in [0.25, 0.3) is 11.4 Å². The summed E-state index contributed by atoms with van der Waals surface area (Å²) in [6, 6.07) is 14.0. The number of aromatic nitrogens is 3. The van der Waals surface area contributed by atoms with E-state index in [4.69, 9.17) is 26.9 Å². The van der Waals surface area contributed by atoms with Crippen molar-refractivity contribution in [2.24, 2.45) is 0 Å². The Morgan fingerprint density at radius 3 is 2.56 bits per heavy atom. The van der Waals surface area contributed by atoms with Crippen LogP contribution in [0.5, 0.6) is 11.5 Å². The summed E-state index contributed by atoms with van der Waals surface area (Å²) in [7, 11) is 0. The molecule has 0 fully saturated rings. The van der Waals surface area contributed by atoms with E-state index in [-0.39, 0.29) is 5.75 Å². The lowest BCUT2D eigenvalue weighted by Crippen LogP contribution is -2.14. The Kier molecular flexibility index (Phi) is 6.20. The number of hydrogen-bond acceptors (Lipinski definition) is 7. The summed E-state index contributed by atoms with van der Waals surface area (Å²) in [4.78, 5) is 12.0. The van der Waals surface area contributed by atoms with E-state index in [0.717, 1.165) is 17.5 Å². The van der Waals surface area contributed by atoms with Crippen LogP contribution >= 0.6 is 23.4 Å². The van der Waals surface area contributed by atoms with Crippen LogP contribution in [0.15, 0.2) is 53.7 Å². The number of halogens is 1. The molecule has 0 atom stereocenters. The molecule has 0 amide bonds. The number of nitrogens with zero attached hydrogens (tertiary/aromatic N) is 3. The third kappa shape index (κ3) is 4.72. The van der Waals surface area contributed by atoms with Gasteiger partial charge >= 0.3 is 5.97 Å². The summed E-state index contributed by atoms with van der Waals surface area (Å²) in [5, 5.41) is 8.96. The maximum atomic E-state index is 12.0. The SMILES string of the molecule is CCOc1ccc(OC(=O)CSc2nnc(-c3ccccc3Cl)n2N)cc1. The van der Waals surface area contributed by atoms with Gasteiger partial charge in [-0.05, 0) is 43.3 Å². The molecule has 3 rings (SSSR count). The number of benzene rings is 2. The number of ether oxygens (including phenoxy) is 2. The fraction of sp³-hybridized carbons (Fsp3) is 0.167. The molecule has 1 aromatic heterocycles. The quantitative estimate of drug-likeness (QED) is 0.279. The zero-order valence-electron chi connectivity index (χ0n) is 14.5. The first-order valence-corrected chi connectivity index (χ1v) is 9.46. The van der Waals surface area contributed by atoms with Gasteiger partial charge in [0.25, 0.3) is 0 Å². The molecule has 0 spiro atoms. The van der Waals surface area contributed by atoms with Crippen LogP contribution in [0.3, 0.4) is 0 Å². The zero-order valence-corrected chi connectivity index (χ0v) is 16.0. The van der Waals surface area contributed by atoms with Crippen molar-refractivity contribution in [3.8, 4) is 22.9 Å². The molecule has 2 N–H and O–H groups in total. The van der Waals surface area contributed by atoms with Crippen LogP contribution in [-0.2, 0) is 4.79 Å². The Balaban J connectivity index is 1.60. The van der Waals surface area contributed by atoms with Crippen molar-refractivity contribution in [3.63, 3.8) is 0 Å². The van der Waals surface area contributed by atoms with Crippen LogP contribution in [0.4, 0.5) is 0 Å².